The summed E-state index contributed by atoms with van der Waals surface area (Å²) in [4.78, 5) is 0. The van der Waals surface area contributed by atoms with Crippen molar-refractivity contribution < 1.29 is 0 Å². The third-order valence-corrected chi connectivity index (χ3v) is 4.23. The van der Waals surface area contributed by atoms with Gasteiger partial charge in [-0.25, -0.2) is 0 Å². The van der Waals surface area contributed by atoms with E-state index in [0.717, 1.165) is 13.1 Å². The standard InChI is InChI=1S/C19H24N2/c1-19(2)14-20-13-17(21-19)18(15-9-5-3-6-10-15)16-11-7-4-8-12-16/h3-12,17-18,20-21H,13-14H2,1-2H3. The molecule has 110 valence electrons. The zero-order valence-corrected chi connectivity index (χ0v) is 12.8. The van der Waals surface area contributed by atoms with Gasteiger partial charge in [-0.15, -0.1) is 0 Å². The molecule has 2 heteroatoms. The van der Waals surface area contributed by atoms with Gasteiger partial charge in [-0.2, -0.15) is 0 Å². The predicted molar refractivity (Wildman–Crippen MR) is 88.6 cm³/mol. The number of rotatable bonds is 3. The molecular formula is C19H24N2. The van der Waals surface area contributed by atoms with E-state index in [4.69, 9.17) is 0 Å². The van der Waals surface area contributed by atoms with Crippen LogP contribution in [0, 0.1) is 0 Å². The van der Waals surface area contributed by atoms with Crippen LogP contribution in [-0.2, 0) is 0 Å². The van der Waals surface area contributed by atoms with E-state index in [1.807, 2.05) is 0 Å². The summed E-state index contributed by atoms with van der Waals surface area (Å²) in [6, 6.07) is 22.0. The van der Waals surface area contributed by atoms with Crippen molar-refractivity contribution in [3.8, 4) is 0 Å². The Morgan fingerprint density at radius 3 is 1.90 bits per heavy atom. The molecule has 0 aliphatic carbocycles. The van der Waals surface area contributed by atoms with E-state index in [-0.39, 0.29) is 5.54 Å². The molecule has 0 spiro atoms. The number of hydrogen-bond donors (Lipinski definition) is 2. The van der Waals surface area contributed by atoms with Gasteiger partial charge in [0.2, 0.25) is 0 Å². The summed E-state index contributed by atoms with van der Waals surface area (Å²) < 4.78 is 0. The van der Waals surface area contributed by atoms with E-state index in [0.29, 0.717) is 12.0 Å². The van der Waals surface area contributed by atoms with Crippen molar-refractivity contribution in [3.63, 3.8) is 0 Å². The van der Waals surface area contributed by atoms with Gasteiger partial charge in [0, 0.05) is 30.6 Å². The van der Waals surface area contributed by atoms with Crippen molar-refractivity contribution in [2.45, 2.75) is 31.3 Å². The average molecular weight is 280 g/mol. The first-order chi connectivity index (χ1) is 10.2. The predicted octanol–water partition coefficient (Wildman–Crippen LogP) is 3.16. The molecule has 1 atom stereocenters. The van der Waals surface area contributed by atoms with Crippen molar-refractivity contribution >= 4 is 0 Å². The fraction of sp³-hybridized carbons (Fsp3) is 0.368. The lowest BCUT2D eigenvalue weighted by atomic mass is 9.82. The van der Waals surface area contributed by atoms with Crippen LogP contribution < -0.4 is 10.6 Å². The van der Waals surface area contributed by atoms with Crippen LogP contribution in [0.5, 0.6) is 0 Å². The highest BCUT2D eigenvalue weighted by atomic mass is 15.1. The first-order valence-corrected chi connectivity index (χ1v) is 7.74. The summed E-state index contributed by atoms with van der Waals surface area (Å²) in [5.74, 6) is 0.375. The Balaban J connectivity index is 1.97. The summed E-state index contributed by atoms with van der Waals surface area (Å²) in [5, 5.41) is 7.41. The van der Waals surface area contributed by atoms with E-state index in [9.17, 15) is 0 Å². The van der Waals surface area contributed by atoms with Gasteiger partial charge in [0.05, 0.1) is 0 Å². The summed E-state index contributed by atoms with van der Waals surface area (Å²) in [7, 11) is 0. The maximum Gasteiger partial charge on any atom is 0.0307 e. The van der Waals surface area contributed by atoms with E-state index < -0.39 is 0 Å². The van der Waals surface area contributed by atoms with Crippen molar-refractivity contribution in [3.05, 3.63) is 71.8 Å². The van der Waals surface area contributed by atoms with E-state index in [1.54, 1.807) is 0 Å². The second-order valence-electron chi connectivity index (χ2n) is 6.56. The fourth-order valence-electron chi connectivity index (χ4n) is 3.32. The Kier molecular flexibility index (Phi) is 4.09. The first kappa shape index (κ1) is 14.3. The van der Waals surface area contributed by atoms with Gasteiger partial charge in [0.15, 0.2) is 0 Å². The monoisotopic (exact) mass is 280 g/mol. The van der Waals surface area contributed by atoms with Crippen LogP contribution in [0.25, 0.3) is 0 Å². The average Bonchev–Trinajstić information content (AvgIpc) is 2.49. The maximum absolute atomic E-state index is 3.83. The highest BCUT2D eigenvalue weighted by Gasteiger charge is 2.33. The third-order valence-electron chi connectivity index (χ3n) is 4.23. The molecule has 1 saturated heterocycles. The van der Waals surface area contributed by atoms with Crippen molar-refractivity contribution in [1.29, 1.82) is 0 Å². The number of piperazine rings is 1. The molecule has 1 aliphatic rings. The van der Waals surface area contributed by atoms with Crippen molar-refractivity contribution in [2.75, 3.05) is 13.1 Å². The third kappa shape index (κ3) is 3.34. The zero-order chi connectivity index (χ0) is 14.7. The van der Waals surface area contributed by atoms with Gasteiger partial charge >= 0.3 is 0 Å². The minimum absolute atomic E-state index is 0.130. The minimum atomic E-state index is 0.130. The minimum Gasteiger partial charge on any atom is -0.313 e. The van der Waals surface area contributed by atoms with Gasteiger partial charge in [0.1, 0.15) is 0 Å². The van der Waals surface area contributed by atoms with E-state index >= 15 is 0 Å². The molecule has 1 fully saturated rings. The summed E-state index contributed by atoms with van der Waals surface area (Å²) in [5.41, 5.74) is 2.88. The van der Waals surface area contributed by atoms with E-state index in [1.165, 1.54) is 11.1 Å². The molecule has 0 aromatic heterocycles. The van der Waals surface area contributed by atoms with Crippen LogP contribution in [0.3, 0.4) is 0 Å². The lowest BCUT2D eigenvalue weighted by molar-refractivity contribution is 0.248. The van der Waals surface area contributed by atoms with Gasteiger partial charge in [-0.1, -0.05) is 60.7 Å². The molecule has 2 aromatic rings. The molecule has 1 heterocycles. The number of benzene rings is 2. The maximum atomic E-state index is 3.83. The van der Waals surface area contributed by atoms with Gasteiger partial charge < -0.3 is 10.6 Å². The number of hydrogen-bond acceptors (Lipinski definition) is 2. The molecule has 0 saturated carbocycles. The summed E-state index contributed by atoms with van der Waals surface area (Å²) in [6.07, 6.45) is 0. The van der Waals surface area contributed by atoms with Crippen molar-refractivity contribution in [1.82, 2.24) is 10.6 Å². The molecule has 2 aromatic carbocycles. The normalized spacial score (nSPS) is 21.4. The Morgan fingerprint density at radius 2 is 1.43 bits per heavy atom. The molecular weight excluding hydrogens is 256 g/mol. The summed E-state index contributed by atoms with van der Waals surface area (Å²) in [6.45, 7) is 6.54. The van der Waals surface area contributed by atoms with E-state index in [2.05, 4.69) is 85.1 Å². The zero-order valence-electron chi connectivity index (χ0n) is 12.8. The SMILES string of the molecule is CC1(C)CNCC(C(c2ccccc2)c2ccccc2)N1. The van der Waals surface area contributed by atoms with Crippen LogP contribution in [-0.4, -0.2) is 24.7 Å². The Hall–Kier alpha value is -1.64. The van der Waals surface area contributed by atoms with Crippen molar-refractivity contribution in [2.24, 2.45) is 0 Å². The van der Waals surface area contributed by atoms with Crippen LogP contribution >= 0.6 is 0 Å². The Morgan fingerprint density at radius 1 is 0.905 bits per heavy atom. The molecule has 2 nitrogen and oxygen atoms in total. The highest BCUT2D eigenvalue weighted by molar-refractivity contribution is 5.35. The molecule has 0 radical (unpaired) electrons. The molecule has 2 N–H and O–H groups in total. The molecule has 21 heavy (non-hydrogen) atoms. The molecule has 0 amide bonds. The van der Waals surface area contributed by atoms with Gasteiger partial charge in [-0.3, -0.25) is 0 Å². The smallest absolute Gasteiger partial charge is 0.0307 e. The Labute approximate surface area is 127 Å². The largest absolute Gasteiger partial charge is 0.313 e. The molecule has 3 rings (SSSR count). The lowest BCUT2D eigenvalue weighted by Crippen LogP contribution is -2.62. The molecule has 1 unspecified atom stereocenters. The number of nitrogens with one attached hydrogen (secondary N) is 2. The summed E-state index contributed by atoms with van der Waals surface area (Å²) >= 11 is 0. The fourth-order valence-corrected chi connectivity index (χ4v) is 3.32. The second-order valence-corrected chi connectivity index (χ2v) is 6.56. The highest BCUT2D eigenvalue weighted by Crippen LogP contribution is 2.30. The van der Waals surface area contributed by atoms with Crippen LogP contribution in [0.4, 0.5) is 0 Å². The first-order valence-electron chi connectivity index (χ1n) is 7.74. The van der Waals surface area contributed by atoms with Gasteiger partial charge in [-0.05, 0) is 25.0 Å². The van der Waals surface area contributed by atoms with Crippen LogP contribution in [0.15, 0.2) is 60.7 Å². The molecule has 1 aliphatic heterocycles. The van der Waals surface area contributed by atoms with Crippen LogP contribution in [0.2, 0.25) is 0 Å². The molecule has 0 bridgehead atoms. The van der Waals surface area contributed by atoms with Crippen LogP contribution in [0.1, 0.15) is 30.9 Å². The Bertz CT molecular complexity index is 523. The lowest BCUT2D eigenvalue weighted by Gasteiger charge is -2.41. The quantitative estimate of drug-likeness (QED) is 0.902. The topological polar surface area (TPSA) is 24.1 Å². The second kappa shape index (κ2) is 6.00. The van der Waals surface area contributed by atoms with Gasteiger partial charge in [0.25, 0.3) is 0 Å².